The van der Waals surface area contributed by atoms with Crippen LogP contribution in [0.3, 0.4) is 0 Å². The number of halogens is 1. The molecule has 0 saturated carbocycles. The van der Waals surface area contributed by atoms with Gasteiger partial charge in [-0.05, 0) is 41.6 Å². The van der Waals surface area contributed by atoms with Gasteiger partial charge in [-0.2, -0.15) is 5.10 Å². The third-order valence-corrected chi connectivity index (χ3v) is 2.50. The Morgan fingerprint density at radius 1 is 1.40 bits per heavy atom. The lowest BCUT2D eigenvalue weighted by Gasteiger charge is -2.00. The van der Waals surface area contributed by atoms with Gasteiger partial charge >= 0.3 is 0 Å². The molecule has 2 aromatic heterocycles. The van der Waals surface area contributed by atoms with Gasteiger partial charge in [0.1, 0.15) is 0 Å². The van der Waals surface area contributed by atoms with Crippen LogP contribution in [0, 0.1) is 3.57 Å². The summed E-state index contributed by atoms with van der Waals surface area (Å²) >= 11 is 2.18. The zero-order valence-electron chi connectivity index (χ0n) is 8.01. The topological polar surface area (TPSA) is 47.8 Å². The van der Waals surface area contributed by atoms with Crippen molar-refractivity contribution in [1.29, 1.82) is 0 Å². The molecular formula is C10H8IN3O. The SMILES string of the molecule is CC(=O)c1ccc(-n2cc(I)cn2)nc1. The molecule has 0 fully saturated rings. The second-order valence-corrected chi connectivity index (χ2v) is 4.31. The van der Waals surface area contributed by atoms with E-state index in [1.54, 1.807) is 29.2 Å². The van der Waals surface area contributed by atoms with Crippen molar-refractivity contribution in [2.75, 3.05) is 0 Å². The number of carbonyl (C=O) groups excluding carboxylic acids is 1. The van der Waals surface area contributed by atoms with Crippen LogP contribution in [0.1, 0.15) is 17.3 Å². The minimum Gasteiger partial charge on any atom is -0.294 e. The maximum atomic E-state index is 11.0. The molecule has 0 aromatic carbocycles. The summed E-state index contributed by atoms with van der Waals surface area (Å²) in [6.45, 7) is 1.52. The summed E-state index contributed by atoms with van der Waals surface area (Å²) in [6.07, 6.45) is 5.18. The average Bonchev–Trinajstić information content (AvgIpc) is 2.65. The zero-order valence-corrected chi connectivity index (χ0v) is 10.2. The standard InChI is InChI=1S/C10H8IN3O/c1-7(15)8-2-3-10(12-4-8)14-6-9(11)5-13-14/h2-6H,1H3. The van der Waals surface area contributed by atoms with Crippen LogP contribution in [-0.4, -0.2) is 20.5 Å². The number of rotatable bonds is 2. The van der Waals surface area contributed by atoms with Crippen LogP contribution >= 0.6 is 22.6 Å². The molecule has 5 heteroatoms. The van der Waals surface area contributed by atoms with E-state index in [-0.39, 0.29) is 5.78 Å². The van der Waals surface area contributed by atoms with Crippen molar-refractivity contribution in [2.24, 2.45) is 0 Å². The zero-order chi connectivity index (χ0) is 10.8. The van der Waals surface area contributed by atoms with E-state index in [9.17, 15) is 4.79 Å². The fourth-order valence-corrected chi connectivity index (χ4v) is 1.54. The molecule has 2 heterocycles. The van der Waals surface area contributed by atoms with Gasteiger partial charge in [0.2, 0.25) is 0 Å². The lowest BCUT2D eigenvalue weighted by atomic mass is 10.2. The van der Waals surface area contributed by atoms with Crippen LogP contribution in [0.15, 0.2) is 30.7 Å². The Hall–Kier alpha value is -1.24. The fourth-order valence-electron chi connectivity index (χ4n) is 1.16. The summed E-state index contributed by atoms with van der Waals surface area (Å²) in [6, 6.07) is 3.53. The third kappa shape index (κ3) is 2.23. The lowest BCUT2D eigenvalue weighted by molar-refractivity contribution is 0.101. The third-order valence-electron chi connectivity index (χ3n) is 1.94. The van der Waals surface area contributed by atoms with Gasteiger partial charge in [0.15, 0.2) is 11.6 Å². The quantitative estimate of drug-likeness (QED) is 0.630. The Bertz CT molecular complexity index is 490. The first-order valence-corrected chi connectivity index (χ1v) is 5.42. The van der Waals surface area contributed by atoms with Crippen molar-refractivity contribution >= 4 is 28.4 Å². The van der Waals surface area contributed by atoms with Crippen molar-refractivity contribution in [3.63, 3.8) is 0 Å². The molecule has 0 saturated heterocycles. The summed E-state index contributed by atoms with van der Waals surface area (Å²) in [5.74, 6) is 0.729. The monoisotopic (exact) mass is 313 g/mol. The molecule has 0 unspecified atom stereocenters. The number of pyridine rings is 1. The Labute approximate surface area is 100 Å². The molecule has 0 aliphatic rings. The van der Waals surface area contributed by atoms with Gasteiger partial charge in [-0.3, -0.25) is 4.79 Å². The predicted molar refractivity (Wildman–Crippen MR) is 64.1 cm³/mol. The van der Waals surface area contributed by atoms with Crippen LogP contribution in [0.5, 0.6) is 0 Å². The summed E-state index contributed by atoms with van der Waals surface area (Å²) in [7, 11) is 0. The van der Waals surface area contributed by atoms with E-state index in [0.717, 1.165) is 3.57 Å². The van der Waals surface area contributed by atoms with Crippen LogP contribution < -0.4 is 0 Å². The predicted octanol–water partition coefficient (Wildman–Crippen LogP) is 2.07. The molecule has 15 heavy (non-hydrogen) atoms. The van der Waals surface area contributed by atoms with Gasteiger partial charge < -0.3 is 0 Å². The minimum absolute atomic E-state index is 0.0177. The van der Waals surface area contributed by atoms with Crippen molar-refractivity contribution < 1.29 is 4.79 Å². The second-order valence-electron chi connectivity index (χ2n) is 3.06. The molecular weight excluding hydrogens is 305 g/mol. The van der Waals surface area contributed by atoms with Gasteiger partial charge in [-0.1, -0.05) is 0 Å². The van der Waals surface area contributed by atoms with E-state index in [1.807, 2.05) is 6.20 Å². The molecule has 76 valence electrons. The molecule has 0 N–H and O–H groups in total. The van der Waals surface area contributed by atoms with E-state index in [4.69, 9.17) is 0 Å². The first-order valence-electron chi connectivity index (χ1n) is 4.34. The van der Waals surface area contributed by atoms with Gasteiger partial charge in [-0.15, -0.1) is 0 Å². The van der Waals surface area contributed by atoms with Gasteiger partial charge in [-0.25, -0.2) is 9.67 Å². The minimum atomic E-state index is 0.0177. The highest BCUT2D eigenvalue weighted by molar-refractivity contribution is 14.1. The molecule has 0 atom stereocenters. The lowest BCUT2D eigenvalue weighted by Crippen LogP contribution is -2.00. The molecule has 0 amide bonds. The normalized spacial score (nSPS) is 10.3. The van der Waals surface area contributed by atoms with Crippen molar-refractivity contribution in [3.05, 3.63) is 39.9 Å². The Balaban J connectivity index is 2.35. The van der Waals surface area contributed by atoms with Crippen LogP contribution in [0.25, 0.3) is 5.82 Å². The molecule has 0 aliphatic heterocycles. The van der Waals surface area contributed by atoms with Crippen LogP contribution in [-0.2, 0) is 0 Å². The highest BCUT2D eigenvalue weighted by Crippen LogP contribution is 2.08. The number of ketones is 1. The first-order chi connectivity index (χ1) is 7.16. The highest BCUT2D eigenvalue weighted by atomic mass is 127. The van der Waals surface area contributed by atoms with E-state index >= 15 is 0 Å². The summed E-state index contributed by atoms with van der Waals surface area (Å²) in [5, 5.41) is 4.12. The molecule has 0 bridgehead atoms. The van der Waals surface area contributed by atoms with Crippen molar-refractivity contribution in [3.8, 4) is 5.82 Å². The molecule has 0 aliphatic carbocycles. The van der Waals surface area contributed by atoms with E-state index in [2.05, 4.69) is 32.7 Å². The maximum absolute atomic E-state index is 11.0. The maximum Gasteiger partial charge on any atom is 0.161 e. The molecule has 0 spiro atoms. The number of aromatic nitrogens is 3. The smallest absolute Gasteiger partial charge is 0.161 e. The second kappa shape index (κ2) is 4.09. The highest BCUT2D eigenvalue weighted by Gasteiger charge is 2.02. The van der Waals surface area contributed by atoms with Crippen molar-refractivity contribution in [2.45, 2.75) is 6.92 Å². The molecule has 0 radical (unpaired) electrons. The van der Waals surface area contributed by atoms with E-state index < -0.39 is 0 Å². The Kier molecular flexibility index (Phi) is 2.81. The summed E-state index contributed by atoms with van der Waals surface area (Å²) in [5.41, 5.74) is 0.612. The van der Waals surface area contributed by atoms with E-state index in [0.29, 0.717) is 11.4 Å². The number of Topliss-reactive ketones (excluding diaryl/α,β-unsaturated/α-hetero) is 1. The largest absolute Gasteiger partial charge is 0.294 e. The number of hydrogen-bond donors (Lipinski definition) is 0. The van der Waals surface area contributed by atoms with Gasteiger partial charge in [0.05, 0.1) is 9.77 Å². The number of carbonyl (C=O) groups is 1. The fraction of sp³-hybridized carbons (Fsp3) is 0.100. The Morgan fingerprint density at radius 3 is 2.67 bits per heavy atom. The first kappa shape index (κ1) is 10.3. The summed E-state index contributed by atoms with van der Waals surface area (Å²) in [4.78, 5) is 15.2. The van der Waals surface area contributed by atoms with Gasteiger partial charge in [0, 0.05) is 18.0 Å². The van der Waals surface area contributed by atoms with Gasteiger partial charge in [0.25, 0.3) is 0 Å². The van der Waals surface area contributed by atoms with Crippen LogP contribution in [0.2, 0.25) is 0 Å². The summed E-state index contributed by atoms with van der Waals surface area (Å²) < 4.78 is 2.72. The molecule has 2 rings (SSSR count). The van der Waals surface area contributed by atoms with Crippen LogP contribution in [0.4, 0.5) is 0 Å². The Morgan fingerprint density at radius 2 is 2.20 bits per heavy atom. The van der Waals surface area contributed by atoms with E-state index in [1.165, 1.54) is 6.92 Å². The number of nitrogens with zero attached hydrogens (tertiary/aromatic N) is 3. The molecule has 2 aromatic rings. The average molecular weight is 313 g/mol. The molecule has 4 nitrogen and oxygen atoms in total. The number of hydrogen-bond acceptors (Lipinski definition) is 3. The van der Waals surface area contributed by atoms with Crippen molar-refractivity contribution in [1.82, 2.24) is 14.8 Å².